The van der Waals surface area contributed by atoms with Crippen molar-refractivity contribution >= 4 is 18.3 Å². The van der Waals surface area contributed by atoms with E-state index in [0.717, 1.165) is 30.0 Å². The lowest BCUT2D eigenvalue weighted by Crippen LogP contribution is -2.32. The van der Waals surface area contributed by atoms with Gasteiger partial charge in [0.1, 0.15) is 12.4 Å². The fraction of sp³-hybridized carbons (Fsp3) is 0.350. The predicted octanol–water partition coefficient (Wildman–Crippen LogP) is 3.26. The first-order chi connectivity index (χ1) is 11.7. The van der Waals surface area contributed by atoms with Gasteiger partial charge in [0.15, 0.2) is 0 Å². The summed E-state index contributed by atoms with van der Waals surface area (Å²) in [6.45, 7) is 7.00. The van der Waals surface area contributed by atoms with Crippen molar-refractivity contribution in [1.82, 2.24) is 10.6 Å². The fourth-order valence-corrected chi connectivity index (χ4v) is 2.43. The van der Waals surface area contributed by atoms with E-state index in [4.69, 9.17) is 4.74 Å². The van der Waals surface area contributed by atoms with E-state index in [1.54, 1.807) is 0 Å². The maximum Gasteiger partial charge on any atom is 0.224 e. The molecule has 2 N–H and O–H groups in total. The summed E-state index contributed by atoms with van der Waals surface area (Å²) in [5.41, 5.74) is 3.32. The van der Waals surface area contributed by atoms with E-state index in [1.807, 2.05) is 37.3 Å². The second-order valence-electron chi connectivity index (χ2n) is 5.81. The molecule has 0 saturated carbocycles. The number of amides is 1. The topological polar surface area (TPSA) is 50.4 Å². The Morgan fingerprint density at radius 2 is 1.80 bits per heavy atom. The number of benzene rings is 2. The van der Waals surface area contributed by atoms with E-state index in [2.05, 4.69) is 35.8 Å². The van der Waals surface area contributed by atoms with Gasteiger partial charge in [-0.3, -0.25) is 4.79 Å². The SMILES string of the molecule is CCNCCNC(=O)Cc1cccc(OCc2cccc(C)c2)c1.Cl. The Balaban J connectivity index is 0.00000312. The molecule has 2 aromatic rings. The highest BCUT2D eigenvalue weighted by Crippen LogP contribution is 2.16. The minimum absolute atomic E-state index is 0. The Hall–Kier alpha value is -2.04. The van der Waals surface area contributed by atoms with Crippen LogP contribution in [0.4, 0.5) is 0 Å². The smallest absolute Gasteiger partial charge is 0.224 e. The van der Waals surface area contributed by atoms with Gasteiger partial charge in [0, 0.05) is 13.1 Å². The number of hydrogen-bond acceptors (Lipinski definition) is 3. The first-order valence-electron chi connectivity index (χ1n) is 8.42. The van der Waals surface area contributed by atoms with Gasteiger partial charge in [0.2, 0.25) is 5.91 Å². The highest BCUT2D eigenvalue weighted by Gasteiger charge is 2.04. The zero-order chi connectivity index (χ0) is 17.2. The number of aryl methyl sites for hydroxylation is 1. The van der Waals surface area contributed by atoms with Crippen LogP contribution in [-0.4, -0.2) is 25.5 Å². The van der Waals surface area contributed by atoms with Gasteiger partial charge in [-0.15, -0.1) is 12.4 Å². The van der Waals surface area contributed by atoms with E-state index >= 15 is 0 Å². The van der Waals surface area contributed by atoms with Crippen LogP contribution >= 0.6 is 12.4 Å². The lowest BCUT2D eigenvalue weighted by Gasteiger charge is -2.09. The molecule has 0 spiro atoms. The number of nitrogens with one attached hydrogen (secondary N) is 2. The third-order valence-electron chi connectivity index (χ3n) is 3.63. The third kappa shape index (κ3) is 8.05. The number of hydrogen-bond donors (Lipinski definition) is 2. The average molecular weight is 363 g/mol. The van der Waals surface area contributed by atoms with Crippen molar-refractivity contribution in [2.75, 3.05) is 19.6 Å². The molecule has 0 aliphatic heterocycles. The molecule has 2 aromatic carbocycles. The van der Waals surface area contributed by atoms with E-state index < -0.39 is 0 Å². The molecule has 136 valence electrons. The summed E-state index contributed by atoms with van der Waals surface area (Å²) < 4.78 is 5.84. The van der Waals surface area contributed by atoms with Crippen LogP contribution in [0, 0.1) is 6.92 Å². The summed E-state index contributed by atoms with van der Waals surface area (Å²) in [6, 6.07) is 16.0. The Kier molecular flexibility index (Phi) is 9.66. The van der Waals surface area contributed by atoms with Crippen molar-refractivity contribution in [2.24, 2.45) is 0 Å². The molecule has 0 fully saturated rings. The first kappa shape index (κ1) is 21.0. The zero-order valence-corrected chi connectivity index (χ0v) is 15.7. The van der Waals surface area contributed by atoms with Crippen LogP contribution in [0.2, 0.25) is 0 Å². The molecule has 5 heteroatoms. The first-order valence-corrected chi connectivity index (χ1v) is 8.42. The van der Waals surface area contributed by atoms with Gasteiger partial charge in [-0.05, 0) is 36.7 Å². The van der Waals surface area contributed by atoms with Crippen LogP contribution < -0.4 is 15.4 Å². The molecular formula is C20H27ClN2O2. The molecule has 4 nitrogen and oxygen atoms in total. The third-order valence-corrected chi connectivity index (χ3v) is 3.63. The van der Waals surface area contributed by atoms with Gasteiger partial charge in [-0.25, -0.2) is 0 Å². The maximum atomic E-state index is 11.9. The van der Waals surface area contributed by atoms with Crippen molar-refractivity contribution in [3.8, 4) is 5.75 Å². The molecule has 0 radical (unpaired) electrons. The van der Waals surface area contributed by atoms with Crippen LogP contribution in [0.5, 0.6) is 5.75 Å². The standard InChI is InChI=1S/C20H26N2O2.ClH/c1-3-21-10-11-22-20(23)14-17-7-5-9-19(13-17)24-15-18-8-4-6-16(2)12-18;/h4-9,12-13,21H,3,10-11,14-15H2,1-2H3,(H,22,23);1H. The van der Waals surface area contributed by atoms with Gasteiger partial charge < -0.3 is 15.4 Å². The second-order valence-corrected chi connectivity index (χ2v) is 5.81. The summed E-state index contributed by atoms with van der Waals surface area (Å²) in [6.07, 6.45) is 0.369. The molecule has 1 amide bonds. The fourth-order valence-electron chi connectivity index (χ4n) is 2.43. The molecular weight excluding hydrogens is 336 g/mol. The van der Waals surface area contributed by atoms with E-state index in [0.29, 0.717) is 19.6 Å². The predicted molar refractivity (Wildman–Crippen MR) is 104 cm³/mol. The minimum atomic E-state index is 0. The van der Waals surface area contributed by atoms with Crippen molar-refractivity contribution in [3.63, 3.8) is 0 Å². The molecule has 2 rings (SSSR count). The van der Waals surface area contributed by atoms with Crippen LogP contribution in [0.25, 0.3) is 0 Å². The Morgan fingerprint density at radius 1 is 1.04 bits per heavy atom. The number of likely N-dealkylation sites (N-methyl/N-ethyl adjacent to an activating group) is 1. The van der Waals surface area contributed by atoms with E-state index in [-0.39, 0.29) is 18.3 Å². The number of carbonyl (C=O) groups is 1. The zero-order valence-electron chi connectivity index (χ0n) is 14.9. The molecule has 0 heterocycles. The summed E-state index contributed by atoms with van der Waals surface area (Å²) >= 11 is 0. The highest BCUT2D eigenvalue weighted by atomic mass is 35.5. The summed E-state index contributed by atoms with van der Waals surface area (Å²) in [5, 5.41) is 6.09. The van der Waals surface area contributed by atoms with Gasteiger partial charge in [-0.1, -0.05) is 48.9 Å². The monoisotopic (exact) mass is 362 g/mol. The molecule has 0 aliphatic carbocycles. The summed E-state index contributed by atoms with van der Waals surface area (Å²) in [4.78, 5) is 11.9. The molecule has 0 atom stereocenters. The normalized spacial score (nSPS) is 10.0. The number of ether oxygens (including phenoxy) is 1. The largest absolute Gasteiger partial charge is 0.489 e. The number of carbonyl (C=O) groups excluding carboxylic acids is 1. The Bertz CT molecular complexity index is 662. The van der Waals surface area contributed by atoms with E-state index in [1.165, 1.54) is 5.56 Å². The number of rotatable bonds is 9. The van der Waals surface area contributed by atoms with Gasteiger partial charge in [0.25, 0.3) is 0 Å². The highest BCUT2D eigenvalue weighted by molar-refractivity contribution is 5.85. The minimum Gasteiger partial charge on any atom is -0.489 e. The molecule has 0 unspecified atom stereocenters. The quantitative estimate of drug-likeness (QED) is 0.673. The van der Waals surface area contributed by atoms with Crippen molar-refractivity contribution in [3.05, 3.63) is 65.2 Å². The van der Waals surface area contributed by atoms with Crippen LogP contribution in [-0.2, 0) is 17.8 Å². The lowest BCUT2D eigenvalue weighted by atomic mass is 10.1. The molecule has 25 heavy (non-hydrogen) atoms. The van der Waals surface area contributed by atoms with Gasteiger partial charge >= 0.3 is 0 Å². The average Bonchev–Trinajstić information content (AvgIpc) is 2.57. The maximum absolute atomic E-state index is 11.9. The molecule has 0 aliphatic rings. The van der Waals surface area contributed by atoms with E-state index in [9.17, 15) is 4.79 Å². The summed E-state index contributed by atoms with van der Waals surface area (Å²) in [5.74, 6) is 0.818. The number of halogens is 1. The van der Waals surface area contributed by atoms with Crippen LogP contribution in [0.1, 0.15) is 23.6 Å². The molecule has 0 bridgehead atoms. The second kappa shape index (κ2) is 11.5. The van der Waals surface area contributed by atoms with Crippen LogP contribution in [0.15, 0.2) is 48.5 Å². The molecule has 0 saturated heterocycles. The molecule has 0 aromatic heterocycles. The van der Waals surface area contributed by atoms with Gasteiger partial charge in [-0.2, -0.15) is 0 Å². The summed E-state index contributed by atoms with van der Waals surface area (Å²) in [7, 11) is 0. The van der Waals surface area contributed by atoms with Crippen LogP contribution in [0.3, 0.4) is 0 Å². The van der Waals surface area contributed by atoms with Gasteiger partial charge in [0.05, 0.1) is 6.42 Å². The van der Waals surface area contributed by atoms with Crippen molar-refractivity contribution in [2.45, 2.75) is 26.9 Å². The lowest BCUT2D eigenvalue weighted by molar-refractivity contribution is -0.120. The van der Waals surface area contributed by atoms with Crippen molar-refractivity contribution in [1.29, 1.82) is 0 Å². The Labute approximate surface area is 156 Å². The Morgan fingerprint density at radius 3 is 2.56 bits per heavy atom. The van der Waals surface area contributed by atoms with Crippen molar-refractivity contribution < 1.29 is 9.53 Å².